The molecule has 0 amide bonds. The highest BCUT2D eigenvalue weighted by Crippen LogP contribution is 2.67. The molecule has 0 aliphatic heterocycles. The number of nitrogens with zero attached hydrogens (tertiary/aromatic N) is 2. The molecule has 3 saturated carbocycles. The van der Waals surface area contributed by atoms with Crippen LogP contribution in [-0.2, 0) is 6.42 Å². The van der Waals surface area contributed by atoms with E-state index >= 15 is 0 Å². The van der Waals surface area contributed by atoms with Crippen molar-refractivity contribution in [3.63, 3.8) is 0 Å². The molecule has 0 spiro atoms. The number of aliphatic hydroxyl groups is 2. The monoisotopic (exact) mass is 424 g/mol. The van der Waals surface area contributed by atoms with Gasteiger partial charge in [-0.05, 0) is 112 Å². The summed E-state index contributed by atoms with van der Waals surface area (Å²) in [5.41, 5.74) is 2.43. The van der Waals surface area contributed by atoms with Crippen LogP contribution in [0, 0.1) is 34.5 Å². The molecule has 31 heavy (non-hydrogen) atoms. The van der Waals surface area contributed by atoms with Crippen LogP contribution in [0.15, 0.2) is 30.2 Å². The van der Waals surface area contributed by atoms with Crippen molar-refractivity contribution in [1.29, 1.82) is 0 Å². The number of hydrogen-bond donors (Lipinski definition) is 2. The Balaban J connectivity index is 1.35. The van der Waals surface area contributed by atoms with Gasteiger partial charge in [-0.2, -0.15) is 0 Å². The van der Waals surface area contributed by atoms with Gasteiger partial charge in [0.2, 0.25) is 0 Å². The van der Waals surface area contributed by atoms with Gasteiger partial charge in [-0.1, -0.05) is 25.5 Å². The number of aromatic nitrogens is 2. The number of aliphatic hydroxyl groups excluding tert-OH is 1. The highest BCUT2D eigenvalue weighted by Gasteiger charge is 2.61. The van der Waals surface area contributed by atoms with Crippen molar-refractivity contribution >= 4 is 0 Å². The van der Waals surface area contributed by atoms with E-state index in [0.29, 0.717) is 11.8 Å². The smallest absolute Gasteiger partial charge is 0.115 e. The van der Waals surface area contributed by atoms with E-state index < -0.39 is 5.60 Å². The van der Waals surface area contributed by atoms with Crippen LogP contribution in [0.4, 0.5) is 0 Å². The van der Waals surface area contributed by atoms with E-state index in [1.54, 1.807) is 18.1 Å². The summed E-state index contributed by atoms with van der Waals surface area (Å²) in [4.78, 5) is 8.38. The first-order valence-electron chi connectivity index (χ1n) is 12.6. The Bertz CT molecular complexity index is 837. The second-order valence-electron chi connectivity index (χ2n) is 11.9. The van der Waals surface area contributed by atoms with Gasteiger partial charge >= 0.3 is 0 Å². The fourth-order valence-electron chi connectivity index (χ4n) is 8.68. The standard InChI is InChI=1S/C27H40N2O2/c1-25-12-9-20(30)16-18(25)4-5-21-22-6-7-24(26(22,2)13-10-23(21)25)27(3,31)14-8-19-11-15-28-17-29-19/h4,11,15,17,20-24,30-31H,5-10,12-14,16H2,1-3H3/t20-,21-,22-,23-,24-,25-,26-,27+/m0/s1. The van der Waals surface area contributed by atoms with Crippen molar-refractivity contribution in [3.05, 3.63) is 35.9 Å². The largest absolute Gasteiger partial charge is 0.393 e. The summed E-state index contributed by atoms with van der Waals surface area (Å²) in [5, 5.41) is 21.9. The molecule has 4 aliphatic carbocycles. The molecule has 1 aromatic heterocycles. The Morgan fingerprint density at radius 3 is 2.74 bits per heavy atom. The molecule has 8 atom stereocenters. The van der Waals surface area contributed by atoms with Crippen molar-refractivity contribution in [3.8, 4) is 0 Å². The van der Waals surface area contributed by atoms with E-state index in [0.717, 1.165) is 56.1 Å². The summed E-state index contributed by atoms with van der Waals surface area (Å²) >= 11 is 0. The Hall–Kier alpha value is -1.26. The molecule has 0 unspecified atom stereocenters. The van der Waals surface area contributed by atoms with Gasteiger partial charge in [0.15, 0.2) is 0 Å². The molecule has 0 bridgehead atoms. The van der Waals surface area contributed by atoms with Gasteiger partial charge in [-0.25, -0.2) is 9.97 Å². The fraction of sp³-hybridized carbons (Fsp3) is 0.778. The minimum absolute atomic E-state index is 0.134. The summed E-state index contributed by atoms with van der Waals surface area (Å²) in [7, 11) is 0. The number of allylic oxidation sites excluding steroid dienone is 1. The van der Waals surface area contributed by atoms with Gasteiger partial charge < -0.3 is 10.2 Å². The van der Waals surface area contributed by atoms with Gasteiger partial charge in [0.1, 0.15) is 6.33 Å². The molecule has 0 saturated heterocycles. The minimum atomic E-state index is -0.657. The quantitative estimate of drug-likeness (QED) is 0.660. The molecule has 1 heterocycles. The van der Waals surface area contributed by atoms with Crippen molar-refractivity contribution in [1.82, 2.24) is 9.97 Å². The maximum absolute atomic E-state index is 11.7. The first-order valence-corrected chi connectivity index (χ1v) is 12.6. The van der Waals surface area contributed by atoms with Gasteiger partial charge in [-0.15, -0.1) is 0 Å². The third-order valence-corrected chi connectivity index (χ3v) is 10.4. The molecule has 4 nitrogen and oxygen atoms in total. The van der Waals surface area contributed by atoms with Crippen LogP contribution in [-0.4, -0.2) is 31.9 Å². The van der Waals surface area contributed by atoms with Crippen LogP contribution >= 0.6 is 0 Å². The van der Waals surface area contributed by atoms with E-state index in [2.05, 4.69) is 36.8 Å². The number of rotatable bonds is 4. The molecule has 0 radical (unpaired) electrons. The lowest BCUT2D eigenvalue weighted by atomic mass is 9.46. The van der Waals surface area contributed by atoms with Gasteiger partial charge in [0.05, 0.1) is 11.7 Å². The molecule has 5 rings (SSSR count). The molecule has 3 fully saturated rings. The Morgan fingerprint density at radius 2 is 1.97 bits per heavy atom. The molecule has 4 heteroatoms. The first-order chi connectivity index (χ1) is 14.7. The van der Waals surface area contributed by atoms with Crippen molar-refractivity contribution in [2.45, 2.75) is 96.7 Å². The van der Waals surface area contributed by atoms with E-state index in [9.17, 15) is 10.2 Å². The molecule has 0 aromatic carbocycles. The summed E-state index contributed by atoms with van der Waals surface area (Å²) in [5.74, 6) is 2.57. The third-order valence-electron chi connectivity index (χ3n) is 10.4. The predicted octanol–water partition coefficient (Wildman–Crippen LogP) is 5.10. The predicted molar refractivity (Wildman–Crippen MR) is 122 cm³/mol. The maximum Gasteiger partial charge on any atom is 0.115 e. The Labute approximate surface area is 187 Å². The van der Waals surface area contributed by atoms with Crippen LogP contribution in [0.25, 0.3) is 0 Å². The lowest BCUT2D eigenvalue weighted by Gasteiger charge is -2.59. The first kappa shape index (κ1) is 21.6. The highest BCUT2D eigenvalue weighted by molar-refractivity contribution is 5.25. The number of aryl methyl sites for hydroxylation is 1. The normalized spacial score (nSPS) is 43.9. The molecule has 2 N–H and O–H groups in total. The van der Waals surface area contributed by atoms with Crippen LogP contribution in [0.1, 0.15) is 84.3 Å². The topological polar surface area (TPSA) is 66.2 Å². The SMILES string of the molecule is C[C@]12CC[C@H]3[C@@H](CC=C4C[C@@H](O)CC[C@@]43C)[C@@H]1CC[C@@H]2[C@](C)(O)CCc1ccncn1. The zero-order valence-corrected chi connectivity index (χ0v) is 19.6. The molecule has 170 valence electrons. The molecular formula is C27H40N2O2. The highest BCUT2D eigenvalue weighted by atomic mass is 16.3. The number of fused-ring (bicyclic) bond motifs is 5. The van der Waals surface area contributed by atoms with E-state index in [4.69, 9.17) is 0 Å². The van der Waals surface area contributed by atoms with E-state index in [1.807, 2.05) is 6.07 Å². The lowest BCUT2D eigenvalue weighted by Crippen LogP contribution is -2.53. The summed E-state index contributed by atoms with van der Waals surface area (Å²) < 4.78 is 0. The van der Waals surface area contributed by atoms with Crippen molar-refractivity contribution in [2.75, 3.05) is 0 Å². The summed E-state index contributed by atoms with van der Waals surface area (Å²) in [6, 6.07) is 1.97. The second kappa shape index (κ2) is 7.66. The summed E-state index contributed by atoms with van der Waals surface area (Å²) in [6.07, 6.45) is 16.4. The Kier molecular flexibility index (Phi) is 5.33. The van der Waals surface area contributed by atoms with Gasteiger partial charge in [-0.3, -0.25) is 0 Å². The molecule has 1 aromatic rings. The van der Waals surface area contributed by atoms with Crippen LogP contribution < -0.4 is 0 Å². The van der Waals surface area contributed by atoms with Crippen molar-refractivity contribution < 1.29 is 10.2 Å². The van der Waals surface area contributed by atoms with Crippen LogP contribution in [0.3, 0.4) is 0 Å². The fourth-order valence-corrected chi connectivity index (χ4v) is 8.68. The maximum atomic E-state index is 11.7. The van der Waals surface area contributed by atoms with Crippen molar-refractivity contribution in [2.24, 2.45) is 34.5 Å². The second-order valence-corrected chi connectivity index (χ2v) is 11.9. The third kappa shape index (κ3) is 3.49. The number of hydrogen-bond acceptors (Lipinski definition) is 4. The zero-order chi connectivity index (χ0) is 21.9. The zero-order valence-electron chi connectivity index (χ0n) is 19.6. The molecule has 4 aliphatic rings. The minimum Gasteiger partial charge on any atom is -0.393 e. The average Bonchev–Trinajstić information content (AvgIpc) is 3.12. The van der Waals surface area contributed by atoms with Gasteiger partial charge in [0.25, 0.3) is 0 Å². The lowest BCUT2D eigenvalue weighted by molar-refractivity contribution is -0.104. The summed E-state index contributed by atoms with van der Waals surface area (Å²) in [6.45, 7) is 7.08. The van der Waals surface area contributed by atoms with E-state index in [1.165, 1.54) is 25.7 Å². The van der Waals surface area contributed by atoms with Crippen LogP contribution in [0.2, 0.25) is 0 Å². The van der Waals surface area contributed by atoms with Crippen LogP contribution in [0.5, 0.6) is 0 Å². The Morgan fingerprint density at radius 1 is 1.13 bits per heavy atom. The average molecular weight is 425 g/mol. The molecular weight excluding hydrogens is 384 g/mol. The van der Waals surface area contributed by atoms with Gasteiger partial charge in [0, 0.05) is 11.9 Å². The van der Waals surface area contributed by atoms with E-state index in [-0.39, 0.29) is 16.9 Å².